The van der Waals surface area contributed by atoms with E-state index in [4.69, 9.17) is 23.1 Å². The third kappa shape index (κ3) is 11.1. The first-order valence-electron chi connectivity index (χ1n) is 18.3. The second-order valence-electron chi connectivity index (χ2n) is 17.5. The van der Waals surface area contributed by atoms with E-state index in [9.17, 15) is 13.5 Å². The summed E-state index contributed by atoms with van der Waals surface area (Å²) in [5.41, 5.74) is 1.01. The lowest BCUT2D eigenvalue weighted by molar-refractivity contribution is -0.0760. The molecule has 0 saturated carbocycles. The van der Waals surface area contributed by atoms with Gasteiger partial charge in [-0.05, 0) is 79.2 Å². The molecule has 2 aliphatic rings. The molecule has 0 amide bonds. The van der Waals surface area contributed by atoms with Crippen LogP contribution in [0.3, 0.4) is 0 Å². The lowest BCUT2D eigenvalue weighted by atomic mass is 9.83. The summed E-state index contributed by atoms with van der Waals surface area (Å²) < 4.78 is 61.3. The highest BCUT2D eigenvalue weighted by Gasteiger charge is 2.50. The monoisotopic (exact) mass is 740 g/mol. The Morgan fingerprint density at radius 2 is 1.59 bits per heavy atom. The summed E-state index contributed by atoms with van der Waals surface area (Å²) in [6.07, 6.45) is 1.49. The van der Waals surface area contributed by atoms with Gasteiger partial charge in [0, 0.05) is 32.5 Å². The third-order valence-corrected chi connectivity index (χ3v) is 22.6. The van der Waals surface area contributed by atoms with Gasteiger partial charge in [-0.2, -0.15) is 0 Å². The summed E-state index contributed by atoms with van der Waals surface area (Å²) in [7, 11) is -6.28. The van der Waals surface area contributed by atoms with E-state index in [2.05, 4.69) is 81.2 Å². The number of sulfone groups is 1. The Hall–Kier alpha value is -0.896. The van der Waals surface area contributed by atoms with Crippen molar-refractivity contribution in [2.75, 3.05) is 26.1 Å². The molecule has 0 aliphatic carbocycles. The molecule has 0 radical (unpaired) electrons. The fourth-order valence-corrected chi connectivity index (χ4v) is 10.6. The molecule has 0 aromatic heterocycles. The van der Waals surface area contributed by atoms with E-state index in [1.54, 1.807) is 31.4 Å². The van der Waals surface area contributed by atoms with Crippen molar-refractivity contribution in [2.45, 2.75) is 158 Å². The first-order chi connectivity index (χ1) is 22.5. The van der Waals surface area contributed by atoms with Crippen LogP contribution in [0.1, 0.15) is 80.6 Å². The van der Waals surface area contributed by atoms with Gasteiger partial charge >= 0.3 is 0 Å². The molecule has 3 rings (SSSR count). The van der Waals surface area contributed by atoms with Crippen LogP contribution < -0.4 is 0 Å². The Kier molecular flexibility index (Phi) is 14.6. The van der Waals surface area contributed by atoms with Crippen LogP contribution in [0.4, 0.5) is 0 Å². The van der Waals surface area contributed by atoms with Crippen LogP contribution in [0.2, 0.25) is 36.3 Å². The number of aliphatic hydroxyl groups is 1. The van der Waals surface area contributed by atoms with Gasteiger partial charge in [-0.15, -0.1) is 0 Å². The maximum absolute atomic E-state index is 13.9. The Labute approximate surface area is 300 Å². The van der Waals surface area contributed by atoms with E-state index >= 15 is 0 Å². The highest BCUT2D eigenvalue weighted by atomic mass is 32.2. The Morgan fingerprint density at radius 3 is 2.14 bits per heavy atom. The number of rotatable bonds is 16. The number of hydrogen-bond donors (Lipinski definition) is 1. The van der Waals surface area contributed by atoms with Gasteiger partial charge in [0.05, 0.1) is 53.9 Å². The number of ether oxygens (including phenoxy) is 3. The normalized spacial score (nSPS) is 28.2. The van der Waals surface area contributed by atoms with Gasteiger partial charge in [0.15, 0.2) is 26.5 Å². The average molecular weight is 741 g/mol. The summed E-state index contributed by atoms with van der Waals surface area (Å²) in [4.78, 5) is 0.296. The van der Waals surface area contributed by atoms with E-state index in [1.165, 1.54) is 0 Å². The van der Waals surface area contributed by atoms with Gasteiger partial charge in [-0.3, -0.25) is 0 Å². The van der Waals surface area contributed by atoms with Crippen molar-refractivity contribution >= 4 is 26.5 Å². The first-order valence-corrected chi connectivity index (χ1v) is 25.7. The quantitative estimate of drug-likeness (QED) is 0.134. The molecule has 49 heavy (non-hydrogen) atoms. The molecule has 0 spiro atoms. The fraction of sp³-hybridized carbons (Fsp3) is 0.789. The van der Waals surface area contributed by atoms with Crippen molar-refractivity contribution in [1.82, 2.24) is 0 Å². The highest BCUT2D eigenvalue weighted by molar-refractivity contribution is 7.91. The molecule has 1 unspecified atom stereocenters. The highest BCUT2D eigenvalue weighted by Crippen LogP contribution is 2.43. The largest absolute Gasteiger partial charge is 0.414 e. The van der Waals surface area contributed by atoms with E-state index in [1.807, 2.05) is 6.07 Å². The third-order valence-electron chi connectivity index (χ3n) is 11.8. The Morgan fingerprint density at radius 1 is 0.980 bits per heavy atom. The molecular formula is C38H68O8SSi2. The molecule has 0 bridgehead atoms. The van der Waals surface area contributed by atoms with Crippen LogP contribution in [0.5, 0.6) is 0 Å². The Bertz CT molecular complexity index is 1300. The molecule has 2 heterocycles. The van der Waals surface area contributed by atoms with Crippen LogP contribution in [0.15, 0.2) is 47.4 Å². The van der Waals surface area contributed by atoms with Crippen molar-refractivity contribution in [3.05, 3.63) is 42.5 Å². The molecule has 282 valence electrons. The maximum Gasteiger partial charge on any atom is 0.192 e. The number of benzene rings is 1. The number of methoxy groups -OCH3 is 1. The smallest absolute Gasteiger partial charge is 0.192 e. The number of hydrogen-bond acceptors (Lipinski definition) is 8. The van der Waals surface area contributed by atoms with Gasteiger partial charge in [0.25, 0.3) is 0 Å². The molecule has 2 saturated heterocycles. The molecular weight excluding hydrogens is 673 g/mol. The van der Waals surface area contributed by atoms with Crippen LogP contribution in [0, 0.1) is 11.8 Å². The second-order valence-corrected chi connectivity index (χ2v) is 29.1. The van der Waals surface area contributed by atoms with Gasteiger partial charge in [0.1, 0.15) is 0 Å². The molecule has 1 N–H and O–H groups in total. The van der Waals surface area contributed by atoms with Crippen LogP contribution in [-0.2, 0) is 32.9 Å². The minimum atomic E-state index is -3.65. The second kappa shape index (κ2) is 16.8. The zero-order chi connectivity index (χ0) is 37.0. The minimum Gasteiger partial charge on any atom is -0.414 e. The lowest BCUT2D eigenvalue weighted by Crippen LogP contribution is -2.49. The minimum absolute atomic E-state index is 0.00378. The summed E-state index contributed by atoms with van der Waals surface area (Å²) in [5.74, 6) is -0.285. The van der Waals surface area contributed by atoms with E-state index in [-0.39, 0.29) is 46.7 Å². The van der Waals surface area contributed by atoms with Crippen molar-refractivity contribution in [1.29, 1.82) is 0 Å². The lowest BCUT2D eigenvalue weighted by Gasteiger charge is -2.42. The molecule has 11 heteroatoms. The van der Waals surface area contributed by atoms with E-state index in [0.717, 1.165) is 18.4 Å². The predicted octanol–water partition coefficient (Wildman–Crippen LogP) is 8.17. The van der Waals surface area contributed by atoms with Crippen molar-refractivity contribution < 1.29 is 36.6 Å². The van der Waals surface area contributed by atoms with Gasteiger partial charge in [0.2, 0.25) is 0 Å². The van der Waals surface area contributed by atoms with Gasteiger partial charge in [-0.1, -0.05) is 73.2 Å². The standard InChI is InChI=1S/C38H68O8SSi2/c1-27-22-29(18-17-21-39)44-33(28(27)2)24-34-32(26-47(40,41)31-19-15-14-16-20-31)36(42-9)35(45-34)23-30(46-49(12,13)38(6,7)8)25-43-48(10,11)37(3,4)5/h14-16,19-20,27,29-30,32-36,39H,2,17-18,21-26H2,1,3-13H3/t27-,29+,30?,32+,33-,34+,35-,36-/m1/s1. The summed E-state index contributed by atoms with van der Waals surface area (Å²) >= 11 is 0. The van der Waals surface area contributed by atoms with Crippen LogP contribution in [-0.4, -0.2) is 92.9 Å². The van der Waals surface area contributed by atoms with Crippen LogP contribution in [0.25, 0.3) is 0 Å². The summed E-state index contributed by atoms with van der Waals surface area (Å²) in [5, 5.41) is 9.51. The average Bonchev–Trinajstić information content (AvgIpc) is 3.30. The zero-order valence-corrected chi connectivity index (χ0v) is 35.4. The predicted molar refractivity (Wildman–Crippen MR) is 204 cm³/mol. The zero-order valence-electron chi connectivity index (χ0n) is 32.6. The van der Waals surface area contributed by atoms with Gasteiger partial charge in [-0.25, -0.2) is 8.42 Å². The fourth-order valence-electron chi connectivity index (χ4n) is 6.50. The summed E-state index contributed by atoms with van der Waals surface area (Å²) in [6.45, 7) is 29.6. The Balaban J connectivity index is 1.97. The molecule has 8 nitrogen and oxygen atoms in total. The van der Waals surface area contributed by atoms with Crippen molar-refractivity contribution in [2.24, 2.45) is 11.8 Å². The summed E-state index contributed by atoms with van der Waals surface area (Å²) in [6, 6.07) is 8.64. The molecule has 1 aromatic rings. The molecule has 8 atom stereocenters. The van der Waals surface area contributed by atoms with Crippen molar-refractivity contribution in [3.8, 4) is 0 Å². The molecule has 1 aromatic carbocycles. The first kappa shape index (κ1) is 42.5. The van der Waals surface area contributed by atoms with E-state index in [0.29, 0.717) is 30.8 Å². The number of aliphatic hydroxyl groups excluding tert-OH is 1. The maximum atomic E-state index is 13.9. The van der Waals surface area contributed by atoms with E-state index < -0.39 is 50.7 Å². The van der Waals surface area contributed by atoms with Gasteiger partial charge < -0.3 is 28.2 Å². The molecule has 2 aliphatic heterocycles. The topological polar surface area (TPSA) is 101 Å². The van der Waals surface area contributed by atoms with Crippen LogP contribution >= 0.6 is 0 Å². The SMILES string of the molecule is C=C1[C@H](C)C[C@H](CCCO)O[C@@H]1C[C@@H]1O[C@H](CC(CO[Si](C)(C)C(C)(C)C)O[Si](C)(C)C(C)(C)C)[C@H](OC)[C@H]1CS(=O)(=O)c1ccccc1. The van der Waals surface area contributed by atoms with Crippen molar-refractivity contribution in [3.63, 3.8) is 0 Å². The molecule has 2 fully saturated rings.